The van der Waals surface area contributed by atoms with Crippen LogP contribution in [0.3, 0.4) is 0 Å². The monoisotopic (exact) mass is 144 g/mol. The minimum atomic E-state index is 1.05. The minimum Gasteiger partial charge on any atom is -0.302 e. The Morgan fingerprint density at radius 3 is 2.20 bits per heavy atom. The molecular weight excluding hydrogens is 128 g/mol. The molecule has 3 heteroatoms. The molecule has 0 aromatic rings. The molecule has 1 aliphatic heterocycles. The number of nitrogens with zero attached hydrogens (tertiary/aromatic N) is 2. The normalized spacial score (nSPS) is 23.4. The van der Waals surface area contributed by atoms with Gasteiger partial charge in [0.2, 0.25) is 0 Å². The summed E-state index contributed by atoms with van der Waals surface area (Å²) in [6, 6.07) is 0. The third kappa shape index (κ3) is 1.94. The van der Waals surface area contributed by atoms with E-state index >= 15 is 0 Å². The molecule has 0 aromatic carbocycles. The summed E-state index contributed by atoms with van der Waals surface area (Å²) in [5.74, 6) is 0. The lowest BCUT2D eigenvalue weighted by molar-refractivity contribution is -0.151. The second-order valence-corrected chi connectivity index (χ2v) is 2.55. The molecule has 0 atom stereocenters. The van der Waals surface area contributed by atoms with Crippen molar-refractivity contribution >= 4 is 0 Å². The molecule has 1 saturated heterocycles. The molecular formula is C7H16N2O. The zero-order valence-electron chi connectivity index (χ0n) is 6.84. The summed E-state index contributed by atoms with van der Waals surface area (Å²) in [5, 5.41) is 2.01. The molecule has 1 aliphatic rings. The molecule has 0 saturated carbocycles. The Hall–Kier alpha value is -0.120. The molecule has 60 valence electrons. The van der Waals surface area contributed by atoms with Crippen molar-refractivity contribution in [2.24, 2.45) is 0 Å². The molecule has 0 spiro atoms. The number of likely N-dealkylation sites (N-methyl/N-ethyl adjacent to an activating group) is 1. The van der Waals surface area contributed by atoms with Crippen molar-refractivity contribution in [3.05, 3.63) is 0 Å². The number of rotatable bonds is 2. The fourth-order valence-corrected chi connectivity index (χ4v) is 1.23. The van der Waals surface area contributed by atoms with E-state index in [-0.39, 0.29) is 0 Å². The van der Waals surface area contributed by atoms with Crippen molar-refractivity contribution in [2.45, 2.75) is 6.92 Å². The Morgan fingerprint density at radius 2 is 1.80 bits per heavy atom. The van der Waals surface area contributed by atoms with Crippen LogP contribution in [0.25, 0.3) is 0 Å². The Kier molecular flexibility index (Phi) is 3.12. The molecule has 0 bridgehead atoms. The van der Waals surface area contributed by atoms with E-state index in [1.54, 1.807) is 7.11 Å². The largest absolute Gasteiger partial charge is 0.302 e. The first-order chi connectivity index (χ1) is 4.86. The number of piperazine rings is 1. The first kappa shape index (κ1) is 7.98. The lowest BCUT2D eigenvalue weighted by Gasteiger charge is -2.32. The quantitative estimate of drug-likeness (QED) is 0.550. The Labute approximate surface area is 62.5 Å². The van der Waals surface area contributed by atoms with E-state index in [1.807, 2.05) is 5.06 Å². The van der Waals surface area contributed by atoms with Crippen LogP contribution in [0.2, 0.25) is 0 Å². The average molecular weight is 144 g/mol. The fraction of sp³-hybridized carbons (Fsp3) is 1.00. The summed E-state index contributed by atoms with van der Waals surface area (Å²) in [5.41, 5.74) is 0. The van der Waals surface area contributed by atoms with Crippen LogP contribution < -0.4 is 0 Å². The van der Waals surface area contributed by atoms with Gasteiger partial charge in [-0.2, -0.15) is 5.06 Å². The highest BCUT2D eigenvalue weighted by atomic mass is 16.7. The van der Waals surface area contributed by atoms with E-state index in [1.165, 1.54) is 0 Å². The highest BCUT2D eigenvalue weighted by Gasteiger charge is 2.13. The maximum atomic E-state index is 5.09. The predicted octanol–water partition coefficient (Wildman–Crippen LogP) is 0.185. The smallest absolute Gasteiger partial charge is 0.0575 e. The summed E-state index contributed by atoms with van der Waals surface area (Å²) in [7, 11) is 1.74. The highest BCUT2D eigenvalue weighted by molar-refractivity contribution is 4.64. The summed E-state index contributed by atoms with van der Waals surface area (Å²) in [6.45, 7) is 7.74. The van der Waals surface area contributed by atoms with E-state index in [2.05, 4.69) is 11.8 Å². The van der Waals surface area contributed by atoms with Crippen LogP contribution in [0.1, 0.15) is 6.92 Å². The van der Waals surface area contributed by atoms with Gasteiger partial charge in [0.15, 0.2) is 0 Å². The maximum Gasteiger partial charge on any atom is 0.0575 e. The SMILES string of the molecule is CCN1CCN(OC)CC1. The molecule has 0 N–H and O–H groups in total. The van der Waals surface area contributed by atoms with Crippen molar-refractivity contribution in [1.29, 1.82) is 0 Å². The van der Waals surface area contributed by atoms with E-state index in [9.17, 15) is 0 Å². The van der Waals surface area contributed by atoms with Crippen molar-refractivity contribution < 1.29 is 4.84 Å². The Balaban J connectivity index is 2.17. The average Bonchev–Trinajstić information content (AvgIpc) is 2.05. The van der Waals surface area contributed by atoms with Crippen molar-refractivity contribution in [3.8, 4) is 0 Å². The van der Waals surface area contributed by atoms with Gasteiger partial charge in [0.1, 0.15) is 0 Å². The topological polar surface area (TPSA) is 15.7 Å². The molecule has 0 radical (unpaired) electrons. The van der Waals surface area contributed by atoms with Gasteiger partial charge < -0.3 is 9.74 Å². The standard InChI is InChI=1S/C7H16N2O/c1-3-8-4-6-9(10-2)7-5-8/h3-7H2,1-2H3. The van der Waals surface area contributed by atoms with E-state index in [0.29, 0.717) is 0 Å². The zero-order valence-corrected chi connectivity index (χ0v) is 6.84. The fourth-order valence-electron chi connectivity index (χ4n) is 1.23. The summed E-state index contributed by atoms with van der Waals surface area (Å²) in [6.07, 6.45) is 0. The van der Waals surface area contributed by atoms with Crippen LogP contribution in [-0.4, -0.2) is 49.8 Å². The van der Waals surface area contributed by atoms with Gasteiger partial charge in [0, 0.05) is 26.2 Å². The maximum absolute atomic E-state index is 5.09. The Bertz CT molecular complexity index is 77.6. The van der Waals surface area contributed by atoms with Gasteiger partial charge in [0.25, 0.3) is 0 Å². The van der Waals surface area contributed by atoms with Crippen LogP contribution in [0.15, 0.2) is 0 Å². The van der Waals surface area contributed by atoms with Gasteiger partial charge in [-0.15, -0.1) is 0 Å². The van der Waals surface area contributed by atoms with Gasteiger partial charge in [0.05, 0.1) is 7.11 Å². The van der Waals surface area contributed by atoms with Gasteiger partial charge >= 0.3 is 0 Å². The minimum absolute atomic E-state index is 1.05. The third-order valence-electron chi connectivity index (χ3n) is 2.04. The summed E-state index contributed by atoms with van der Waals surface area (Å²) < 4.78 is 0. The number of hydrogen-bond acceptors (Lipinski definition) is 3. The predicted molar refractivity (Wildman–Crippen MR) is 40.7 cm³/mol. The van der Waals surface area contributed by atoms with E-state index in [0.717, 1.165) is 32.7 Å². The van der Waals surface area contributed by atoms with Gasteiger partial charge in [-0.3, -0.25) is 0 Å². The Morgan fingerprint density at radius 1 is 1.20 bits per heavy atom. The molecule has 1 fully saturated rings. The van der Waals surface area contributed by atoms with Crippen LogP contribution in [-0.2, 0) is 4.84 Å². The number of hydrogen-bond donors (Lipinski definition) is 0. The van der Waals surface area contributed by atoms with E-state index in [4.69, 9.17) is 4.84 Å². The second-order valence-electron chi connectivity index (χ2n) is 2.55. The third-order valence-corrected chi connectivity index (χ3v) is 2.04. The lowest BCUT2D eigenvalue weighted by atomic mass is 10.4. The summed E-state index contributed by atoms with van der Waals surface area (Å²) >= 11 is 0. The van der Waals surface area contributed by atoms with Crippen molar-refractivity contribution in [3.63, 3.8) is 0 Å². The molecule has 0 amide bonds. The lowest BCUT2D eigenvalue weighted by Crippen LogP contribution is -2.45. The van der Waals surface area contributed by atoms with Crippen LogP contribution in [0.4, 0.5) is 0 Å². The molecule has 1 heterocycles. The van der Waals surface area contributed by atoms with Gasteiger partial charge in [-0.1, -0.05) is 6.92 Å². The highest BCUT2D eigenvalue weighted by Crippen LogP contribution is 1.99. The van der Waals surface area contributed by atoms with Crippen LogP contribution in [0, 0.1) is 0 Å². The van der Waals surface area contributed by atoms with Crippen LogP contribution >= 0.6 is 0 Å². The molecule has 1 rings (SSSR count). The van der Waals surface area contributed by atoms with Crippen molar-refractivity contribution in [1.82, 2.24) is 9.96 Å². The molecule has 0 aromatic heterocycles. The molecule has 3 nitrogen and oxygen atoms in total. The number of hydroxylamine groups is 2. The van der Waals surface area contributed by atoms with Gasteiger partial charge in [-0.05, 0) is 6.54 Å². The first-order valence-corrected chi connectivity index (χ1v) is 3.88. The van der Waals surface area contributed by atoms with E-state index < -0.39 is 0 Å². The molecule has 10 heavy (non-hydrogen) atoms. The van der Waals surface area contributed by atoms with Gasteiger partial charge in [-0.25, -0.2) is 0 Å². The van der Waals surface area contributed by atoms with Crippen molar-refractivity contribution in [2.75, 3.05) is 39.8 Å². The van der Waals surface area contributed by atoms with Crippen LogP contribution in [0.5, 0.6) is 0 Å². The molecule has 0 aliphatic carbocycles. The summed E-state index contributed by atoms with van der Waals surface area (Å²) in [4.78, 5) is 7.52. The first-order valence-electron chi connectivity index (χ1n) is 3.88. The second kappa shape index (κ2) is 3.91. The molecule has 0 unspecified atom stereocenters. The zero-order chi connectivity index (χ0) is 7.40.